The average molecular weight is 296 g/mol. The number of nitrogens with one attached hydrogen (secondary N) is 2. The normalized spacial score (nSPS) is 11.1. The van der Waals surface area contributed by atoms with Gasteiger partial charge in [0.2, 0.25) is 5.91 Å². The van der Waals surface area contributed by atoms with Crippen LogP contribution in [0.4, 0.5) is 5.69 Å². The van der Waals surface area contributed by atoms with Gasteiger partial charge in [-0.3, -0.25) is 4.79 Å². The van der Waals surface area contributed by atoms with Crippen LogP contribution in [0.25, 0.3) is 0 Å². The van der Waals surface area contributed by atoms with Crippen LogP contribution in [0.1, 0.15) is 12.5 Å². The maximum absolute atomic E-state index is 11.5. The number of hydrogen-bond acceptors (Lipinski definition) is 5. The molecule has 7 heteroatoms. The van der Waals surface area contributed by atoms with Gasteiger partial charge in [0.25, 0.3) is 0 Å². The molecule has 1 atom stereocenters. The van der Waals surface area contributed by atoms with E-state index in [4.69, 9.17) is 16.9 Å². The number of benzene rings is 1. The summed E-state index contributed by atoms with van der Waals surface area (Å²) in [6.07, 6.45) is 0. The molecule has 1 aromatic rings. The third-order valence-corrected chi connectivity index (χ3v) is 2.78. The van der Waals surface area contributed by atoms with Crippen molar-refractivity contribution >= 4 is 29.2 Å². The summed E-state index contributed by atoms with van der Waals surface area (Å²) in [5, 5.41) is 14.5. The lowest BCUT2D eigenvalue weighted by atomic mass is 10.2. The minimum atomic E-state index is -0.799. The van der Waals surface area contributed by atoms with Crippen LogP contribution in [0.3, 0.4) is 0 Å². The molecule has 0 aliphatic heterocycles. The Hall–Kier alpha value is -2.26. The first kappa shape index (κ1) is 15.8. The molecule has 0 spiro atoms. The van der Waals surface area contributed by atoms with Crippen LogP contribution in [0.2, 0.25) is 5.02 Å². The van der Waals surface area contributed by atoms with E-state index in [0.717, 1.165) is 0 Å². The lowest BCUT2D eigenvalue weighted by Gasteiger charge is -2.17. The Morgan fingerprint density at radius 1 is 1.50 bits per heavy atom. The van der Waals surface area contributed by atoms with Crippen molar-refractivity contribution in [1.29, 1.82) is 5.26 Å². The first-order valence-corrected chi connectivity index (χ1v) is 6.14. The lowest BCUT2D eigenvalue weighted by Crippen LogP contribution is -2.45. The summed E-state index contributed by atoms with van der Waals surface area (Å²) in [7, 11) is 1.25. The van der Waals surface area contributed by atoms with Crippen LogP contribution in [0, 0.1) is 11.3 Å². The van der Waals surface area contributed by atoms with Crippen molar-refractivity contribution in [2.45, 2.75) is 13.0 Å². The molecule has 2 N–H and O–H groups in total. The second-order valence-corrected chi connectivity index (χ2v) is 4.37. The van der Waals surface area contributed by atoms with Gasteiger partial charge < -0.3 is 15.4 Å². The zero-order valence-corrected chi connectivity index (χ0v) is 11.8. The van der Waals surface area contributed by atoms with Gasteiger partial charge in [-0.15, -0.1) is 0 Å². The predicted molar refractivity (Wildman–Crippen MR) is 74.3 cm³/mol. The first-order valence-electron chi connectivity index (χ1n) is 5.76. The van der Waals surface area contributed by atoms with Gasteiger partial charge in [-0.1, -0.05) is 11.6 Å². The number of rotatable bonds is 5. The van der Waals surface area contributed by atoms with Crippen LogP contribution in [0.5, 0.6) is 0 Å². The van der Waals surface area contributed by atoms with E-state index in [9.17, 15) is 9.59 Å². The molecule has 0 radical (unpaired) electrons. The van der Waals surface area contributed by atoms with Crippen molar-refractivity contribution in [2.24, 2.45) is 0 Å². The highest BCUT2D eigenvalue weighted by Gasteiger charge is 2.19. The summed E-state index contributed by atoms with van der Waals surface area (Å²) in [6.45, 7) is 1.46. The highest BCUT2D eigenvalue weighted by molar-refractivity contribution is 6.32. The first-order chi connectivity index (χ1) is 9.47. The van der Waals surface area contributed by atoms with Gasteiger partial charge in [0.05, 0.1) is 17.7 Å². The molecule has 1 rings (SSSR count). The molecule has 0 aliphatic rings. The number of amides is 1. The van der Waals surface area contributed by atoms with E-state index in [1.807, 2.05) is 6.07 Å². The fraction of sp³-hybridized carbons (Fsp3) is 0.308. The van der Waals surface area contributed by atoms with E-state index in [2.05, 4.69) is 15.4 Å². The highest BCUT2D eigenvalue weighted by atomic mass is 35.5. The number of anilines is 1. The monoisotopic (exact) mass is 295 g/mol. The minimum absolute atomic E-state index is 0.147. The number of methoxy groups -OCH3 is 1. The molecule has 6 nitrogen and oxygen atoms in total. The SMILES string of the molecule is COC(=O)C(CNc1ccc(C#N)c(Cl)c1)NC(C)=O. The van der Waals surface area contributed by atoms with Crippen LogP contribution in [-0.4, -0.2) is 31.6 Å². The molecule has 106 valence electrons. The zero-order valence-electron chi connectivity index (χ0n) is 11.1. The molecule has 1 amide bonds. The van der Waals surface area contributed by atoms with Gasteiger partial charge in [-0.25, -0.2) is 4.79 Å². The molecule has 0 saturated carbocycles. The van der Waals surface area contributed by atoms with Gasteiger partial charge in [0, 0.05) is 19.2 Å². The van der Waals surface area contributed by atoms with E-state index < -0.39 is 12.0 Å². The zero-order chi connectivity index (χ0) is 15.1. The van der Waals surface area contributed by atoms with E-state index in [1.165, 1.54) is 14.0 Å². The molecule has 1 unspecified atom stereocenters. The fourth-order valence-corrected chi connectivity index (χ4v) is 1.74. The van der Waals surface area contributed by atoms with Gasteiger partial charge >= 0.3 is 5.97 Å². The number of ether oxygens (including phenoxy) is 1. The highest BCUT2D eigenvalue weighted by Crippen LogP contribution is 2.20. The number of halogens is 1. The largest absolute Gasteiger partial charge is 0.467 e. The Morgan fingerprint density at radius 3 is 2.70 bits per heavy atom. The molecule has 0 bridgehead atoms. The van der Waals surface area contributed by atoms with Gasteiger partial charge in [0.1, 0.15) is 12.1 Å². The summed E-state index contributed by atoms with van der Waals surface area (Å²) in [5.41, 5.74) is 0.997. The quantitative estimate of drug-likeness (QED) is 0.799. The molecule has 0 heterocycles. The number of nitriles is 1. The van der Waals surface area contributed by atoms with Gasteiger partial charge in [0.15, 0.2) is 0 Å². The van der Waals surface area contributed by atoms with Crippen molar-refractivity contribution in [3.8, 4) is 6.07 Å². The van der Waals surface area contributed by atoms with Gasteiger partial charge in [-0.05, 0) is 18.2 Å². The summed E-state index contributed by atoms with van der Waals surface area (Å²) < 4.78 is 4.60. The molecule has 0 fully saturated rings. The lowest BCUT2D eigenvalue weighted by molar-refractivity contribution is -0.144. The Morgan fingerprint density at radius 2 is 2.20 bits per heavy atom. The standard InChI is InChI=1S/C13H14ClN3O3/c1-8(18)17-12(13(19)20-2)7-16-10-4-3-9(6-15)11(14)5-10/h3-5,12,16H,7H2,1-2H3,(H,17,18). The van der Waals surface area contributed by atoms with Gasteiger partial charge in [-0.2, -0.15) is 5.26 Å². The van der Waals surface area contributed by atoms with Crippen molar-refractivity contribution in [3.63, 3.8) is 0 Å². The number of carbonyl (C=O) groups excluding carboxylic acids is 2. The van der Waals surface area contributed by atoms with Crippen LogP contribution in [0.15, 0.2) is 18.2 Å². The van der Waals surface area contributed by atoms with Crippen molar-refractivity contribution < 1.29 is 14.3 Å². The fourth-order valence-electron chi connectivity index (χ4n) is 1.52. The molecule has 0 aromatic heterocycles. The number of esters is 1. The Kier molecular flexibility index (Phi) is 5.81. The maximum Gasteiger partial charge on any atom is 0.330 e. The average Bonchev–Trinajstić information content (AvgIpc) is 2.42. The summed E-state index contributed by atoms with van der Waals surface area (Å²) >= 11 is 5.90. The smallest absolute Gasteiger partial charge is 0.330 e. The van der Waals surface area contributed by atoms with E-state index >= 15 is 0 Å². The second kappa shape index (κ2) is 7.36. The van der Waals surface area contributed by atoms with Crippen LogP contribution in [-0.2, 0) is 14.3 Å². The number of nitrogens with zero attached hydrogens (tertiary/aromatic N) is 1. The molecule has 0 aliphatic carbocycles. The molecular weight excluding hydrogens is 282 g/mol. The topological polar surface area (TPSA) is 91.2 Å². The summed E-state index contributed by atoms with van der Waals surface area (Å²) in [4.78, 5) is 22.5. The number of carbonyl (C=O) groups is 2. The summed E-state index contributed by atoms with van der Waals surface area (Å²) in [5.74, 6) is -0.882. The van der Waals surface area contributed by atoms with E-state index in [1.54, 1.807) is 18.2 Å². The summed E-state index contributed by atoms with van der Waals surface area (Å²) in [6, 6.07) is 5.95. The predicted octanol–water partition coefficient (Wildman–Crippen LogP) is 1.30. The molecular formula is C13H14ClN3O3. The van der Waals surface area contributed by atoms with Crippen molar-refractivity contribution in [1.82, 2.24) is 5.32 Å². The Balaban J connectivity index is 2.72. The third-order valence-electron chi connectivity index (χ3n) is 2.46. The maximum atomic E-state index is 11.5. The Bertz CT molecular complexity index is 554. The number of hydrogen-bond donors (Lipinski definition) is 2. The third kappa shape index (κ3) is 4.44. The molecule has 20 heavy (non-hydrogen) atoms. The molecule has 1 aromatic carbocycles. The van der Waals surface area contributed by atoms with Crippen LogP contribution >= 0.6 is 11.6 Å². The van der Waals surface area contributed by atoms with E-state index in [-0.39, 0.29) is 12.5 Å². The van der Waals surface area contributed by atoms with Crippen LogP contribution < -0.4 is 10.6 Å². The van der Waals surface area contributed by atoms with Crippen molar-refractivity contribution in [3.05, 3.63) is 28.8 Å². The minimum Gasteiger partial charge on any atom is -0.467 e. The van der Waals surface area contributed by atoms with E-state index in [0.29, 0.717) is 16.3 Å². The molecule has 0 saturated heterocycles. The Labute approximate surface area is 121 Å². The second-order valence-electron chi connectivity index (χ2n) is 3.96. The van der Waals surface area contributed by atoms with Crippen molar-refractivity contribution in [2.75, 3.05) is 19.0 Å².